The summed E-state index contributed by atoms with van der Waals surface area (Å²) in [6, 6.07) is 11.4. The van der Waals surface area contributed by atoms with Crippen LogP contribution in [0.2, 0.25) is 12.1 Å². The van der Waals surface area contributed by atoms with E-state index >= 15 is 0 Å². The molecule has 18 heavy (non-hydrogen) atoms. The van der Waals surface area contributed by atoms with Crippen LogP contribution in [-0.4, -0.2) is 23.1 Å². The molecule has 0 saturated heterocycles. The van der Waals surface area contributed by atoms with E-state index in [0.29, 0.717) is 0 Å². The van der Waals surface area contributed by atoms with E-state index in [9.17, 15) is 4.80 Å². The highest BCUT2D eigenvalue weighted by molar-refractivity contribution is 6.85. The van der Waals surface area contributed by atoms with Gasteiger partial charge in [0.2, 0.25) is 8.32 Å². The number of aromatic nitrogens is 2. The Hall–Kier alpha value is -1.52. The highest BCUT2D eigenvalue weighted by Gasteiger charge is 2.29. The smallest absolute Gasteiger partial charge is 0.221 e. The van der Waals surface area contributed by atoms with Crippen LogP contribution in [0.25, 0.3) is 11.4 Å². The van der Waals surface area contributed by atoms with Crippen molar-refractivity contribution < 1.29 is 4.80 Å². The first-order valence-electron chi connectivity index (χ1n) is 6.30. The van der Waals surface area contributed by atoms with Crippen LogP contribution in [0.3, 0.4) is 0 Å². The molecule has 0 radical (unpaired) electrons. The van der Waals surface area contributed by atoms with Gasteiger partial charge >= 0.3 is 0 Å². The minimum Gasteiger partial charge on any atom is -0.427 e. The van der Waals surface area contributed by atoms with Gasteiger partial charge in [0.15, 0.2) is 0 Å². The summed E-state index contributed by atoms with van der Waals surface area (Å²) >= 11 is 0. The molecule has 0 aromatic carbocycles. The Morgan fingerprint density at radius 2 is 1.72 bits per heavy atom. The molecule has 0 atom stereocenters. The van der Waals surface area contributed by atoms with E-state index in [1.165, 1.54) is 0 Å². The van der Waals surface area contributed by atoms with Crippen molar-refractivity contribution in [2.24, 2.45) is 0 Å². The van der Waals surface area contributed by atoms with Crippen molar-refractivity contribution in [2.75, 3.05) is 0 Å². The van der Waals surface area contributed by atoms with Crippen molar-refractivity contribution in [3.63, 3.8) is 0 Å². The molecule has 0 unspecified atom stereocenters. The molecule has 2 heterocycles. The standard InChI is InChI=1S/C14H18N2OSi/c1-3-18(17,4-2)12-8-9-14(16-11-12)13-7-5-6-10-15-13/h5-11,17H,3-4H2,1-2H3. The SMILES string of the molecule is CC[Si](O)(CC)c1ccc(-c2ccccn2)nc1. The van der Waals surface area contributed by atoms with Crippen LogP contribution in [0.1, 0.15) is 13.8 Å². The summed E-state index contributed by atoms with van der Waals surface area (Å²) in [6.07, 6.45) is 3.57. The zero-order valence-electron chi connectivity index (χ0n) is 10.8. The quantitative estimate of drug-likeness (QED) is 0.856. The zero-order valence-corrected chi connectivity index (χ0v) is 11.8. The largest absolute Gasteiger partial charge is 0.427 e. The minimum absolute atomic E-state index is 0.827. The van der Waals surface area contributed by atoms with Crippen LogP contribution in [-0.2, 0) is 0 Å². The molecule has 0 spiro atoms. The Bertz CT molecular complexity index is 495. The van der Waals surface area contributed by atoms with Gasteiger partial charge in [-0.05, 0) is 35.5 Å². The van der Waals surface area contributed by atoms with Crippen LogP contribution in [0.4, 0.5) is 0 Å². The third kappa shape index (κ3) is 2.49. The minimum atomic E-state index is -2.28. The molecule has 0 fully saturated rings. The topological polar surface area (TPSA) is 46.0 Å². The average Bonchev–Trinajstić information content (AvgIpc) is 2.47. The Labute approximate surface area is 109 Å². The van der Waals surface area contributed by atoms with Crippen molar-refractivity contribution in [1.82, 2.24) is 9.97 Å². The van der Waals surface area contributed by atoms with Gasteiger partial charge in [0.1, 0.15) is 0 Å². The first-order chi connectivity index (χ1) is 8.69. The van der Waals surface area contributed by atoms with E-state index < -0.39 is 8.32 Å². The fraction of sp³-hybridized carbons (Fsp3) is 0.286. The second-order valence-electron chi connectivity index (χ2n) is 4.39. The lowest BCUT2D eigenvalue weighted by Crippen LogP contribution is -2.46. The van der Waals surface area contributed by atoms with Crippen molar-refractivity contribution >= 4 is 13.5 Å². The van der Waals surface area contributed by atoms with Gasteiger partial charge in [-0.15, -0.1) is 0 Å². The Balaban J connectivity index is 2.31. The van der Waals surface area contributed by atoms with E-state index in [1.54, 1.807) is 6.20 Å². The zero-order chi connectivity index (χ0) is 13.0. The molecule has 1 N–H and O–H groups in total. The molecule has 2 rings (SSSR count). The van der Waals surface area contributed by atoms with Crippen LogP contribution < -0.4 is 5.19 Å². The summed E-state index contributed by atoms with van der Waals surface area (Å²) in [7, 11) is -2.28. The Morgan fingerprint density at radius 1 is 1.00 bits per heavy atom. The summed E-state index contributed by atoms with van der Waals surface area (Å²) in [5.41, 5.74) is 1.71. The molecule has 0 saturated carbocycles. The van der Waals surface area contributed by atoms with Gasteiger partial charge in [0.05, 0.1) is 11.4 Å². The molecule has 0 aliphatic carbocycles. The van der Waals surface area contributed by atoms with E-state index in [2.05, 4.69) is 9.97 Å². The summed E-state index contributed by atoms with van der Waals surface area (Å²) in [5.74, 6) is 0. The van der Waals surface area contributed by atoms with E-state index in [1.807, 2.05) is 50.4 Å². The molecule has 94 valence electrons. The van der Waals surface area contributed by atoms with Crippen molar-refractivity contribution in [1.29, 1.82) is 0 Å². The fourth-order valence-electron chi connectivity index (χ4n) is 1.99. The second kappa shape index (κ2) is 5.41. The summed E-state index contributed by atoms with van der Waals surface area (Å²) in [6.45, 7) is 4.09. The monoisotopic (exact) mass is 258 g/mol. The maximum Gasteiger partial charge on any atom is 0.221 e. The molecule has 2 aromatic heterocycles. The van der Waals surface area contributed by atoms with Gasteiger partial charge in [-0.1, -0.05) is 26.0 Å². The first kappa shape index (κ1) is 12.9. The molecule has 4 heteroatoms. The maximum absolute atomic E-state index is 10.5. The molecular weight excluding hydrogens is 240 g/mol. The fourth-order valence-corrected chi connectivity index (χ4v) is 4.01. The van der Waals surface area contributed by atoms with E-state index in [0.717, 1.165) is 28.7 Å². The van der Waals surface area contributed by atoms with Crippen molar-refractivity contribution in [3.8, 4) is 11.4 Å². The maximum atomic E-state index is 10.5. The first-order valence-corrected chi connectivity index (χ1v) is 8.66. The second-order valence-corrected chi connectivity index (χ2v) is 8.44. The summed E-state index contributed by atoms with van der Waals surface area (Å²) < 4.78 is 0. The lowest BCUT2D eigenvalue weighted by molar-refractivity contribution is 0.549. The van der Waals surface area contributed by atoms with E-state index in [4.69, 9.17) is 0 Å². The summed E-state index contributed by atoms with van der Waals surface area (Å²) in [4.78, 5) is 19.2. The van der Waals surface area contributed by atoms with Crippen molar-refractivity contribution in [3.05, 3.63) is 42.7 Å². The number of hydrogen-bond donors (Lipinski definition) is 1. The summed E-state index contributed by atoms with van der Waals surface area (Å²) in [5, 5.41) is 1.01. The molecule has 3 nitrogen and oxygen atoms in total. The Kier molecular flexibility index (Phi) is 3.89. The molecule has 0 aliphatic heterocycles. The average molecular weight is 258 g/mol. The van der Waals surface area contributed by atoms with Crippen LogP contribution in [0.15, 0.2) is 42.7 Å². The molecule has 0 aliphatic rings. The van der Waals surface area contributed by atoms with Gasteiger partial charge in [0, 0.05) is 12.4 Å². The normalized spacial score (nSPS) is 11.5. The predicted octanol–water partition coefficient (Wildman–Crippen LogP) is 2.33. The van der Waals surface area contributed by atoms with Gasteiger partial charge in [0.25, 0.3) is 0 Å². The highest BCUT2D eigenvalue weighted by atomic mass is 28.4. The Morgan fingerprint density at radius 3 is 2.22 bits per heavy atom. The van der Waals surface area contributed by atoms with Crippen molar-refractivity contribution in [2.45, 2.75) is 25.9 Å². The number of nitrogens with zero attached hydrogens (tertiary/aromatic N) is 2. The number of hydrogen-bond acceptors (Lipinski definition) is 3. The highest BCUT2D eigenvalue weighted by Crippen LogP contribution is 2.15. The number of pyridine rings is 2. The third-order valence-electron chi connectivity index (χ3n) is 3.40. The predicted molar refractivity (Wildman–Crippen MR) is 76.0 cm³/mol. The van der Waals surface area contributed by atoms with Gasteiger partial charge in [-0.3, -0.25) is 9.97 Å². The lowest BCUT2D eigenvalue weighted by Gasteiger charge is -2.21. The van der Waals surface area contributed by atoms with E-state index in [-0.39, 0.29) is 0 Å². The number of rotatable bonds is 4. The van der Waals surface area contributed by atoms with Gasteiger partial charge in [-0.25, -0.2) is 0 Å². The lowest BCUT2D eigenvalue weighted by atomic mass is 10.2. The third-order valence-corrected chi connectivity index (χ3v) is 7.11. The molecule has 2 aromatic rings. The van der Waals surface area contributed by atoms with Gasteiger partial charge < -0.3 is 4.80 Å². The molecule has 0 bridgehead atoms. The molecular formula is C14H18N2OSi. The molecule has 0 amide bonds. The van der Waals surface area contributed by atoms with Crippen LogP contribution >= 0.6 is 0 Å². The van der Waals surface area contributed by atoms with Gasteiger partial charge in [-0.2, -0.15) is 0 Å². The van der Waals surface area contributed by atoms with Crippen LogP contribution in [0.5, 0.6) is 0 Å². The van der Waals surface area contributed by atoms with Crippen LogP contribution in [0, 0.1) is 0 Å².